The summed E-state index contributed by atoms with van der Waals surface area (Å²) in [6.07, 6.45) is 6.45. The Morgan fingerprint density at radius 3 is 2.50 bits per heavy atom. The van der Waals surface area contributed by atoms with E-state index in [0.717, 1.165) is 38.5 Å². The summed E-state index contributed by atoms with van der Waals surface area (Å²) in [4.78, 5) is 23.7. The lowest BCUT2D eigenvalue weighted by Crippen LogP contribution is -2.53. The average molecular weight is 362 g/mol. The van der Waals surface area contributed by atoms with Crippen LogP contribution in [-0.4, -0.2) is 23.7 Å². The number of carboxylic acid groups (broad SMARTS) is 1. The fourth-order valence-electron chi connectivity index (χ4n) is 4.47. The molecule has 2 fully saturated rings. The van der Waals surface area contributed by atoms with Crippen LogP contribution in [0.2, 0.25) is 0 Å². The van der Waals surface area contributed by atoms with Gasteiger partial charge in [0.15, 0.2) is 0 Å². The first-order valence-corrected chi connectivity index (χ1v) is 9.24. The Morgan fingerprint density at radius 2 is 1.88 bits per heavy atom. The van der Waals surface area contributed by atoms with E-state index in [0.29, 0.717) is 24.2 Å². The minimum Gasteiger partial charge on any atom is -0.492 e. The van der Waals surface area contributed by atoms with E-state index in [9.17, 15) is 19.1 Å². The van der Waals surface area contributed by atoms with Crippen molar-refractivity contribution in [2.75, 3.05) is 11.9 Å². The molecule has 3 aliphatic rings. The van der Waals surface area contributed by atoms with Gasteiger partial charge in [0.05, 0.1) is 11.2 Å². The maximum atomic E-state index is 14.5. The number of benzene rings is 1. The van der Waals surface area contributed by atoms with E-state index in [2.05, 4.69) is 10.6 Å². The minimum absolute atomic E-state index is 0.0600. The Hall–Kier alpha value is -2.31. The van der Waals surface area contributed by atoms with Crippen molar-refractivity contribution >= 4 is 17.7 Å². The molecule has 1 aromatic rings. The first-order chi connectivity index (χ1) is 12.5. The van der Waals surface area contributed by atoms with Crippen molar-refractivity contribution in [1.82, 2.24) is 5.32 Å². The second kappa shape index (κ2) is 6.14. The highest BCUT2D eigenvalue weighted by Crippen LogP contribution is 2.49. The van der Waals surface area contributed by atoms with Crippen LogP contribution in [0.1, 0.15) is 56.9 Å². The SMILES string of the molecule is O=C1Nc2c(F)ccc(OCC3(C(=O)O)CCC3)c2C2(CCCCC2)N1. The maximum Gasteiger partial charge on any atom is 0.320 e. The minimum atomic E-state index is -0.855. The zero-order valence-corrected chi connectivity index (χ0v) is 14.6. The molecule has 1 spiro atoms. The summed E-state index contributed by atoms with van der Waals surface area (Å²) in [5, 5.41) is 15.1. The molecule has 140 valence electrons. The Labute approximate surface area is 151 Å². The number of halogens is 1. The highest BCUT2D eigenvalue weighted by atomic mass is 19.1. The Morgan fingerprint density at radius 1 is 1.15 bits per heavy atom. The van der Waals surface area contributed by atoms with Crippen molar-refractivity contribution in [3.8, 4) is 5.75 Å². The van der Waals surface area contributed by atoms with Gasteiger partial charge in [-0.25, -0.2) is 9.18 Å². The number of carbonyl (C=O) groups is 2. The van der Waals surface area contributed by atoms with Crippen molar-refractivity contribution in [2.45, 2.75) is 56.9 Å². The van der Waals surface area contributed by atoms with Gasteiger partial charge in [-0.05, 0) is 37.8 Å². The summed E-state index contributed by atoms with van der Waals surface area (Å²) in [7, 11) is 0. The first kappa shape index (κ1) is 17.1. The quantitative estimate of drug-likeness (QED) is 0.761. The Kier molecular flexibility index (Phi) is 4.04. The van der Waals surface area contributed by atoms with Crippen molar-refractivity contribution in [3.63, 3.8) is 0 Å². The fraction of sp³-hybridized carbons (Fsp3) is 0.579. The van der Waals surface area contributed by atoms with Crippen LogP contribution in [0.25, 0.3) is 0 Å². The molecule has 26 heavy (non-hydrogen) atoms. The van der Waals surface area contributed by atoms with E-state index >= 15 is 0 Å². The Balaban J connectivity index is 1.71. The number of carboxylic acids is 1. The van der Waals surface area contributed by atoms with Crippen LogP contribution >= 0.6 is 0 Å². The van der Waals surface area contributed by atoms with E-state index in [-0.39, 0.29) is 12.3 Å². The molecule has 4 rings (SSSR count). The molecule has 6 nitrogen and oxygen atoms in total. The molecule has 0 atom stereocenters. The van der Waals surface area contributed by atoms with Crippen LogP contribution in [0.15, 0.2) is 12.1 Å². The summed E-state index contributed by atoms with van der Waals surface area (Å²) < 4.78 is 20.4. The molecule has 0 aromatic heterocycles. The molecule has 3 N–H and O–H groups in total. The molecule has 1 aliphatic heterocycles. The van der Waals surface area contributed by atoms with E-state index in [1.165, 1.54) is 6.07 Å². The summed E-state index contributed by atoms with van der Waals surface area (Å²) in [5.41, 5.74) is -0.724. The predicted molar refractivity (Wildman–Crippen MR) is 92.7 cm³/mol. The molecule has 7 heteroatoms. The highest BCUT2D eigenvalue weighted by molar-refractivity contribution is 5.94. The third kappa shape index (κ3) is 2.61. The third-order valence-corrected chi connectivity index (χ3v) is 6.16. The van der Waals surface area contributed by atoms with Crippen molar-refractivity contribution in [2.24, 2.45) is 5.41 Å². The molecule has 0 unspecified atom stereocenters. The number of anilines is 1. The molecule has 2 aliphatic carbocycles. The summed E-state index contributed by atoms with van der Waals surface area (Å²) in [5.74, 6) is -0.884. The van der Waals surface area contributed by atoms with Gasteiger partial charge >= 0.3 is 12.0 Å². The number of carbonyl (C=O) groups excluding carboxylic acids is 1. The molecule has 2 amide bonds. The number of amides is 2. The van der Waals surface area contributed by atoms with Gasteiger partial charge in [0, 0.05) is 5.56 Å². The molecule has 0 radical (unpaired) electrons. The van der Waals surface area contributed by atoms with Gasteiger partial charge in [0.25, 0.3) is 0 Å². The lowest BCUT2D eigenvalue weighted by atomic mass is 9.69. The molecule has 0 bridgehead atoms. The zero-order valence-electron chi connectivity index (χ0n) is 14.6. The summed E-state index contributed by atoms with van der Waals surface area (Å²) in [6.45, 7) is 0.0600. The van der Waals surface area contributed by atoms with Crippen LogP contribution in [-0.2, 0) is 10.3 Å². The fourth-order valence-corrected chi connectivity index (χ4v) is 4.47. The number of aliphatic carboxylic acids is 1. The van der Waals surface area contributed by atoms with Crippen molar-refractivity contribution < 1.29 is 23.8 Å². The average Bonchev–Trinajstić information content (AvgIpc) is 2.56. The zero-order chi connectivity index (χ0) is 18.4. The molecule has 1 aromatic carbocycles. The van der Waals surface area contributed by atoms with Crippen LogP contribution in [0.4, 0.5) is 14.9 Å². The van der Waals surface area contributed by atoms with Crippen LogP contribution in [0.3, 0.4) is 0 Å². The van der Waals surface area contributed by atoms with Gasteiger partial charge < -0.3 is 20.5 Å². The predicted octanol–water partition coefficient (Wildman–Crippen LogP) is 3.75. The molecule has 2 saturated carbocycles. The van der Waals surface area contributed by atoms with E-state index < -0.39 is 28.8 Å². The number of hydrogen-bond acceptors (Lipinski definition) is 3. The summed E-state index contributed by atoms with van der Waals surface area (Å²) in [6, 6.07) is 2.42. The summed E-state index contributed by atoms with van der Waals surface area (Å²) >= 11 is 0. The monoisotopic (exact) mass is 362 g/mol. The molecular weight excluding hydrogens is 339 g/mol. The van der Waals surface area contributed by atoms with Gasteiger partial charge in [-0.2, -0.15) is 0 Å². The lowest BCUT2D eigenvalue weighted by Gasteiger charge is -2.44. The highest BCUT2D eigenvalue weighted by Gasteiger charge is 2.47. The number of fused-ring (bicyclic) bond motifs is 2. The van der Waals surface area contributed by atoms with Gasteiger partial charge in [0.1, 0.15) is 23.6 Å². The number of ether oxygens (including phenoxy) is 1. The van der Waals surface area contributed by atoms with Gasteiger partial charge in [-0.3, -0.25) is 4.79 Å². The smallest absolute Gasteiger partial charge is 0.320 e. The second-order valence-electron chi connectivity index (χ2n) is 7.75. The maximum absolute atomic E-state index is 14.5. The standard InChI is InChI=1S/C19H23FN2O4/c20-12-5-6-13(26-11-18(16(23)24)7-4-8-18)14-15(12)21-17(25)22-19(14)9-2-1-3-10-19/h5-6H,1-4,7-11H2,(H,23,24)(H2,21,22,25). The van der Waals surface area contributed by atoms with Gasteiger partial charge in [-0.15, -0.1) is 0 Å². The lowest BCUT2D eigenvalue weighted by molar-refractivity contribution is -0.157. The second-order valence-corrected chi connectivity index (χ2v) is 7.75. The number of hydrogen-bond donors (Lipinski definition) is 3. The normalized spacial score (nSPS) is 22.6. The topological polar surface area (TPSA) is 87.7 Å². The number of urea groups is 1. The first-order valence-electron chi connectivity index (χ1n) is 9.24. The van der Waals surface area contributed by atoms with E-state index in [1.807, 2.05) is 0 Å². The van der Waals surface area contributed by atoms with Crippen LogP contribution < -0.4 is 15.4 Å². The van der Waals surface area contributed by atoms with Gasteiger partial charge in [-0.1, -0.05) is 25.7 Å². The Bertz CT molecular complexity index is 754. The largest absolute Gasteiger partial charge is 0.492 e. The number of nitrogens with one attached hydrogen (secondary N) is 2. The van der Waals surface area contributed by atoms with Crippen molar-refractivity contribution in [3.05, 3.63) is 23.5 Å². The van der Waals surface area contributed by atoms with Gasteiger partial charge in [0.2, 0.25) is 0 Å². The third-order valence-electron chi connectivity index (χ3n) is 6.16. The molecule has 0 saturated heterocycles. The van der Waals surface area contributed by atoms with Crippen LogP contribution in [0.5, 0.6) is 5.75 Å². The van der Waals surface area contributed by atoms with E-state index in [4.69, 9.17) is 4.74 Å². The molecular formula is C19H23FN2O4. The van der Waals surface area contributed by atoms with Crippen LogP contribution in [0, 0.1) is 11.2 Å². The number of rotatable bonds is 4. The molecule has 1 heterocycles. The van der Waals surface area contributed by atoms with E-state index in [1.54, 1.807) is 6.07 Å². The van der Waals surface area contributed by atoms with Crippen molar-refractivity contribution in [1.29, 1.82) is 0 Å².